The second kappa shape index (κ2) is 16.3. The van der Waals surface area contributed by atoms with Crippen molar-refractivity contribution in [1.82, 2.24) is 19.7 Å². The van der Waals surface area contributed by atoms with E-state index >= 15 is 0 Å². The van der Waals surface area contributed by atoms with Crippen molar-refractivity contribution in [3.63, 3.8) is 0 Å². The van der Waals surface area contributed by atoms with Gasteiger partial charge in [0.2, 0.25) is 5.28 Å². The van der Waals surface area contributed by atoms with Crippen molar-refractivity contribution in [1.29, 1.82) is 0 Å². The fraction of sp³-hybridized carbons (Fsp3) is 0.724. The molecule has 248 valence electrons. The summed E-state index contributed by atoms with van der Waals surface area (Å²) in [6, 6.07) is 0.0796. The first-order valence-electron chi connectivity index (χ1n) is 15.1. The third kappa shape index (κ3) is 9.00. The minimum Gasteiger partial charge on any atom is -0.394 e. The first-order chi connectivity index (χ1) is 21.9. The van der Waals surface area contributed by atoms with Crippen LogP contribution in [0.25, 0.3) is 11.0 Å². The molecule has 1 aliphatic carbocycles. The van der Waals surface area contributed by atoms with Crippen LogP contribution in [-0.2, 0) is 38.0 Å². The largest absolute Gasteiger partial charge is 0.394 e. The van der Waals surface area contributed by atoms with E-state index in [1.54, 1.807) is 10.9 Å². The molecule has 5 atom stereocenters. The van der Waals surface area contributed by atoms with Crippen LogP contribution < -0.4 is 5.32 Å². The van der Waals surface area contributed by atoms with Crippen LogP contribution in [-0.4, -0.2) is 127 Å². The van der Waals surface area contributed by atoms with E-state index in [-0.39, 0.29) is 17.9 Å². The summed E-state index contributed by atoms with van der Waals surface area (Å²) in [4.78, 5) is 14.3. The number of oxime groups is 1. The van der Waals surface area contributed by atoms with Crippen LogP contribution in [0.3, 0.4) is 0 Å². The molecule has 0 bridgehead atoms. The minimum absolute atomic E-state index is 0.0694. The van der Waals surface area contributed by atoms with Gasteiger partial charge in [-0.15, -0.1) is 6.42 Å². The van der Waals surface area contributed by atoms with Crippen molar-refractivity contribution in [2.45, 2.75) is 69.5 Å². The topological polar surface area (TPSA) is 162 Å². The van der Waals surface area contributed by atoms with Crippen molar-refractivity contribution in [2.75, 3.05) is 71.4 Å². The number of aromatic nitrogens is 4. The molecule has 0 unspecified atom stereocenters. The Hall–Kier alpha value is -2.65. The van der Waals surface area contributed by atoms with Crippen LogP contribution in [0.4, 0.5) is 5.82 Å². The molecule has 2 aromatic rings. The van der Waals surface area contributed by atoms with Crippen LogP contribution in [0.2, 0.25) is 5.28 Å². The molecule has 2 saturated heterocycles. The normalized spacial score (nSPS) is 26.5. The summed E-state index contributed by atoms with van der Waals surface area (Å²) in [5.41, 5.74) is 1.44. The summed E-state index contributed by atoms with van der Waals surface area (Å²) >= 11 is 6.35. The zero-order chi connectivity index (χ0) is 31.6. The molecule has 5 rings (SSSR count). The Labute approximate surface area is 266 Å². The van der Waals surface area contributed by atoms with Gasteiger partial charge < -0.3 is 48.4 Å². The lowest BCUT2D eigenvalue weighted by molar-refractivity contribution is -0.201. The van der Waals surface area contributed by atoms with E-state index in [0.29, 0.717) is 82.7 Å². The maximum atomic E-state index is 9.86. The van der Waals surface area contributed by atoms with Gasteiger partial charge >= 0.3 is 0 Å². The molecule has 0 aromatic carbocycles. The van der Waals surface area contributed by atoms with E-state index in [2.05, 4.69) is 31.5 Å². The first kappa shape index (κ1) is 33.7. The maximum absolute atomic E-state index is 9.86. The average molecular weight is 653 g/mol. The summed E-state index contributed by atoms with van der Waals surface area (Å²) in [7, 11) is 0. The number of nitrogens with zero attached hydrogens (tertiary/aromatic N) is 5. The van der Waals surface area contributed by atoms with Gasteiger partial charge in [0, 0.05) is 12.5 Å². The number of terminal acetylenes is 1. The molecule has 1 saturated carbocycles. The number of fused-ring (bicyclic) bond motifs is 2. The Morgan fingerprint density at radius 2 is 1.76 bits per heavy atom. The third-order valence-corrected chi connectivity index (χ3v) is 7.56. The Morgan fingerprint density at radius 1 is 1.07 bits per heavy atom. The van der Waals surface area contributed by atoms with E-state index in [1.165, 1.54) is 0 Å². The van der Waals surface area contributed by atoms with Crippen molar-refractivity contribution >= 4 is 34.2 Å². The highest BCUT2D eigenvalue weighted by Crippen LogP contribution is 2.43. The number of halogens is 1. The summed E-state index contributed by atoms with van der Waals surface area (Å²) in [6.45, 7) is 7.35. The maximum Gasteiger partial charge on any atom is 0.226 e. The summed E-state index contributed by atoms with van der Waals surface area (Å²) in [5.74, 6) is 2.16. The van der Waals surface area contributed by atoms with Crippen LogP contribution in [0.15, 0.2) is 11.4 Å². The Bertz CT molecular complexity index is 1320. The second-order valence-electron chi connectivity index (χ2n) is 11.1. The van der Waals surface area contributed by atoms with E-state index in [1.807, 2.05) is 13.8 Å². The highest BCUT2D eigenvalue weighted by Gasteiger charge is 2.56. The molecule has 2 aromatic heterocycles. The Morgan fingerprint density at radius 3 is 2.47 bits per heavy atom. The predicted octanol–water partition coefficient (Wildman–Crippen LogP) is 1.93. The molecule has 2 aliphatic heterocycles. The van der Waals surface area contributed by atoms with Crippen molar-refractivity contribution in [3.8, 4) is 12.3 Å². The van der Waals surface area contributed by atoms with E-state index in [9.17, 15) is 5.11 Å². The van der Waals surface area contributed by atoms with Gasteiger partial charge in [-0.25, -0.2) is 4.68 Å². The third-order valence-electron chi connectivity index (χ3n) is 7.39. The number of aliphatic hydroxyl groups is 1. The van der Waals surface area contributed by atoms with Crippen molar-refractivity contribution < 1.29 is 43.1 Å². The van der Waals surface area contributed by atoms with E-state index in [0.717, 1.165) is 18.6 Å². The lowest BCUT2D eigenvalue weighted by Gasteiger charge is -2.23. The van der Waals surface area contributed by atoms with Gasteiger partial charge in [-0.05, 0) is 38.3 Å². The number of anilines is 1. The zero-order valence-electron chi connectivity index (χ0n) is 25.6. The lowest BCUT2D eigenvalue weighted by Crippen LogP contribution is -2.31. The number of rotatable bonds is 18. The summed E-state index contributed by atoms with van der Waals surface area (Å²) in [6.07, 6.45) is 6.99. The summed E-state index contributed by atoms with van der Waals surface area (Å²) < 4.78 is 41.2. The Balaban J connectivity index is 1.03. The van der Waals surface area contributed by atoms with Gasteiger partial charge in [0.1, 0.15) is 37.3 Å². The van der Waals surface area contributed by atoms with Gasteiger partial charge in [0.15, 0.2) is 17.7 Å². The monoisotopic (exact) mass is 652 g/mol. The molecule has 16 heteroatoms. The van der Waals surface area contributed by atoms with E-state index in [4.69, 9.17) is 56.0 Å². The van der Waals surface area contributed by atoms with Crippen molar-refractivity contribution in [2.24, 2.45) is 5.16 Å². The highest BCUT2D eigenvalue weighted by molar-refractivity contribution is 6.28. The number of hydrogen-bond acceptors (Lipinski definition) is 14. The SMILES string of the molecule is C#CCOCCOCCOCCOCCO/N=C1\CC[C@@H](Nc2nc(Cl)nc3c2cnn3[C@@H]2O[C@H](CO)[C@H]3OC(C)(C)O[C@H]32)C1. The van der Waals surface area contributed by atoms with Gasteiger partial charge in [-0.1, -0.05) is 11.1 Å². The molecule has 45 heavy (non-hydrogen) atoms. The van der Waals surface area contributed by atoms with Crippen LogP contribution in [0.1, 0.15) is 39.3 Å². The minimum atomic E-state index is -0.809. The molecular formula is C29H41ClN6O9. The molecule has 3 aliphatic rings. The lowest BCUT2D eigenvalue weighted by atomic mass is 10.1. The van der Waals surface area contributed by atoms with Crippen LogP contribution in [0.5, 0.6) is 0 Å². The predicted molar refractivity (Wildman–Crippen MR) is 162 cm³/mol. The molecule has 0 spiro atoms. The Kier molecular flexibility index (Phi) is 12.2. The van der Waals surface area contributed by atoms with E-state index < -0.39 is 30.3 Å². The van der Waals surface area contributed by atoms with Gasteiger partial charge in [-0.3, -0.25) is 0 Å². The fourth-order valence-electron chi connectivity index (χ4n) is 5.45. The molecule has 15 nitrogen and oxygen atoms in total. The quantitative estimate of drug-likeness (QED) is 0.104. The van der Waals surface area contributed by atoms with Crippen LogP contribution >= 0.6 is 11.6 Å². The average Bonchev–Trinajstić information content (AvgIpc) is 3.78. The molecule has 3 fully saturated rings. The highest BCUT2D eigenvalue weighted by atomic mass is 35.5. The number of nitrogens with one attached hydrogen (secondary N) is 1. The number of hydrogen-bond donors (Lipinski definition) is 2. The summed E-state index contributed by atoms with van der Waals surface area (Å²) in [5, 5.41) is 22.9. The van der Waals surface area contributed by atoms with Gasteiger partial charge in [-0.2, -0.15) is 15.1 Å². The second-order valence-corrected chi connectivity index (χ2v) is 11.5. The molecule has 0 radical (unpaired) electrons. The van der Waals surface area contributed by atoms with Gasteiger partial charge in [0.05, 0.1) is 70.1 Å². The number of aliphatic hydroxyl groups excluding tert-OH is 1. The zero-order valence-corrected chi connectivity index (χ0v) is 26.3. The molecule has 4 heterocycles. The van der Waals surface area contributed by atoms with Crippen molar-refractivity contribution in [3.05, 3.63) is 11.5 Å². The first-order valence-corrected chi connectivity index (χ1v) is 15.5. The molecule has 0 amide bonds. The van der Waals surface area contributed by atoms with Crippen LogP contribution in [0, 0.1) is 12.3 Å². The standard InChI is InChI=1S/C29H41ClN6O9/c1-4-7-38-8-9-39-10-11-40-12-13-41-14-15-42-35-20-6-5-19(16-20)32-25-21-17-31-36(26(21)34-28(30)33-25)27-24-23(22(18-37)43-27)44-29(2,3)45-24/h1,17,19,22-24,27,37H,5-16,18H2,2-3H3,(H,32,33,34)/b35-20+/t19-,22-,23-,24-,27-/m1/s1. The molecular weight excluding hydrogens is 612 g/mol. The molecule has 2 N–H and O–H groups in total. The fourth-order valence-corrected chi connectivity index (χ4v) is 5.62. The number of ether oxygens (including phenoxy) is 7. The van der Waals surface area contributed by atoms with Gasteiger partial charge in [0.25, 0.3) is 0 Å². The smallest absolute Gasteiger partial charge is 0.226 e.